The van der Waals surface area contributed by atoms with Crippen molar-refractivity contribution in [2.45, 2.75) is 26.4 Å². The fraction of sp³-hybridized carbons (Fsp3) is 0.286. The Bertz CT molecular complexity index is 479. The zero-order chi connectivity index (χ0) is 12.3. The molecule has 1 unspecified atom stereocenters. The first kappa shape index (κ1) is 12.1. The van der Waals surface area contributed by atoms with E-state index < -0.39 is 0 Å². The number of para-hydroxylation sites is 1. The lowest BCUT2D eigenvalue weighted by Gasteiger charge is -2.14. The highest BCUT2D eigenvalue weighted by molar-refractivity contribution is 7.07. The van der Waals surface area contributed by atoms with Crippen LogP contribution in [-0.4, -0.2) is 5.11 Å². The molecule has 1 heterocycles. The zero-order valence-corrected chi connectivity index (χ0v) is 10.9. The summed E-state index contributed by atoms with van der Waals surface area (Å²) in [5.41, 5.74) is 3.17. The molecule has 0 saturated heterocycles. The third kappa shape index (κ3) is 2.87. The Morgan fingerprint density at radius 3 is 2.88 bits per heavy atom. The van der Waals surface area contributed by atoms with E-state index >= 15 is 0 Å². The molecule has 1 aromatic carbocycles. The highest BCUT2D eigenvalue weighted by atomic mass is 32.1. The summed E-state index contributed by atoms with van der Waals surface area (Å²) in [6.07, 6.45) is 0. The summed E-state index contributed by atoms with van der Waals surface area (Å²) in [6, 6.07) is 8.28. The van der Waals surface area contributed by atoms with E-state index in [1.165, 1.54) is 5.56 Å². The SMILES string of the molecule is Cc1cccc(CNC(C)c2ccsc2)c1O. The van der Waals surface area contributed by atoms with E-state index in [0.29, 0.717) is 18.3 Å². The van der Waals surface area contributed by atoms with Crippen LogP contribution < -0.4 is 5.32 Å². The number of hydrogen-bond acceptors (Lipinski definition) is 3. The molecule has 0 aliphatic rings. The first-order chi connectivity index (χ1) is 8.18. The molecule has 0 bridgehead atoms. The van der Waals surface area contributed by atoms with E-state index in [0.717, 1.165) is 11.1 Å². The van der Waals surface area contributed by atoms with E-state index in [2.05, 4.69) is 29.1 Å². The van der Waals surface area contributed by atoms with Crippen LogP contribution in [0.1, 0.15) is 29.7 Å². The molecule has 0 spiro atoms. The van der Waals surface area contributed by atoms with E-state index in [1.54, 1.807) is 11.3 Å². The second-order valence-corrected chi connectivity index (χ2v) is 5.02. The van der Waals surface area contributed by atoms with Gasteiger partial charge in [0.2, 0.25) is 0 Å². The highest BCUT2D eigenvalue weighted by Crippen LogP contribution is 2.22. The van der Waals surface area contributed by atoms with Crippen molar-refractivity contribution in [3.05, 3.63) is 51.7 Å². The van der Waals surface area contributed by atoms with Gasteiger partial charge in [0, 0.05) is 18.2 Å². The second-order valence-electron chi connectivity index (χ2n) is 4.24. The predicted octanol–water partition coefficient (Wildman–Crippen LogP) is 3.61. The first-order valence-electron chi connectivity index (χ1n) is 5.71. The summed E-state index contributed by atoms with van der Waals surface area (Å²) in [5.74, 6) is 0.400. The minimum absolute atomic E-state index is 0.307. The number of aryl methyl sites for hydroxylation is 1. The summed E-state index contributed by atoms with van der Waals surface area (Å²) in [7, 11) is 0. The van der Waals surface area contributed by atoms with Crippen LogP contribution in [0, 0.1) is 6.92 Å². The Labute approximate surface area is 106 Å². The number of benzene rings is 1. The molecule has 0 aliphatic carbocycles. The van der Waals surface area contributed by atoms with E-state index in [1.807, 2.05) is 25.1 Å². The van der Waals surface area contributed by atoms with Crippen molar-refractivity contribution in [3.63, 3.8) is 0 Å². The molecule has 90 valence electrons. The quantitative estimate of drug-likeness (QED) is 0.865. The van der Waals surface area contributed by atoms with Crippen LogP contribution in [0.5, 0.6) is 5.75 Å². The average Bonchev–Trinajstić information content (AvgIpc) is 2.84. The maximum absolute atomic E-state index is 9.90. The Balaban J connectivity index is 2.00. The van der Waals surface area contributed by atoms with Gasteiger partial charge in [-0.3, -0.25) is 0 Å². The van der Waals surface area contributed by atoms with Gasteiger partial charge in [0.25, 0.3) is 0 Å². The van der Waals surface area contributed by atoms with Gasteiger partial charge in [0.15, 0.2) is 0 Å². The second kappa shape index (κ2) is 5.34. The highest BCUT2D eigenvalue weighted by Gasteiger charge is 2.07. The number of thiophene rings is 1. The molecule has 2 nitrogen and oxygen atoms in total. The van der Waals surface area contributed by atoms with Gasteiger partial charge in [-0.2, -0.15) is 11.3 Å². The minimum atomic E-state index is 0.307. The number of aromatic hydroxyl groups is 1. The first-order valence-corrected chi connectivity index (χ1v) is 6.65. The van der Waals surface area contributed by atoms with Crippen molar-refractivity contribution in [2.24, 2.45) is 0 Å². The number of rotatable bonds is 4. The number of phenols is 1. The lowest BCUT2D eigenvalue weighted by molar-refractivity contribution is 0.456. The lowest BCUT2D eigenvalue weighted by Crippen LogP contribution is -2.17. The molecule has 0 radical (unpaired) electrons. The molecular formula is C14H17NOS. The fourth-order valence-corrected chi connectivity index (χ4v) is 2.52. The number of hydrogen-bond donors (Lipinski definition) is 2. The van der Waals surface area contributed by atoms with Gasteiger partial charge in [0.1, 0.15) is 5.75 Å². The van der Waals surface area contributed by atoms with Crippen LogP contribution in [0.15, 0.2) is 35.0 Å². The maximum atomic E-state index is 9.90. The van der Waals surface area contributed by atoms with Crippen molar-refractivity contribution in [1.82, 2.24) is 5.32 Å². The Morgan fingerprint density at radius 2 is 2.18 bits per heavy atom. The molecule has 1 aromatic heterocycles. The van der Waals surface area contributed by atoms with Crippen molar-refractivity contribution >= 4 is 11.3 Å². The van der Waals surface area contributed by atoms with Crippen LogP contribution in [0.3, 0.4) is 0 Å². The van der Waals surface area contributed by atoms with E-state index in [-0.39, 0.29) is 0 Å². The minimum Gasteiger partial charge on any atom is -0.507 e. The number of nitrogens with one attached hydrogen (secondary N) is 1. The average molecular weight is 247 g/mol. The lowest BCUT2D eigenvalue weighted by atomic mass is 10.1. The molecule has 3 heteroatoms. The third-order valence-electron chi connectivity index (χ3n) is 2.96. The van der Waals surface area contributed by atoms with Gasteiger partial charge in [-0.05, 0) is 41.8 Å². The summed E-state index contributed by atoms with van der Waals surface area (Å²) in [4.78, 5) is 0. The van der Waals surface area contributed by atoms with Gasteiger partial charge in [-0.1, -0.05) is 18.2 Å². The van der Waals surface area contributed by atoms with Crippen molar-refractivity contribution < 1.29 is 5.11 Å². The third-order valence-corrected chi connectivity index (χ3v) is 3.66. The summed E-state index contributed by atoms with van der Waals surface area (Å²) >= 11 is 1.71. The standard InChI is InChI=1S/C14H17NOS/c1-10-4-3-5-12(14(10)16)8-15-11(2)13-6-7-17-9-13/h3-7,9,11,15-16H,8H2,1-2H3. The molecular weight excluding hydrogens is 230 g/mol. The molecule has 2 aromatic rings. The smallest absolute Gasteiger partial charge is 0.122 e. The number of phenolic OH excluding ortho intramolecular Hbond substituents is 1. The van der Waals surface area contributed by atoms with Gasteiger partial charge in [-0.15, -0.1) is 0 Å². The molecule has 17 heavy (non-hydrogen) atoms. The van der Waals surface area contributed by atoms with Gasteiger partial charge in [-0.25, -0.2) is 0 Å². The maximum Gasteiger partial charge on any atom is 0.122 e. The fourth-order valence-electron chi connectivity index (χ4n) is 1.76. The summed E-state index contributed by atoms with van der Waals surface area (Å²) in [5, 5.41) is 17.5. The van der Waals surface area contributed by atoms with Gasteiger partial charge in [0.05, 0.1) is 0 Å². The molecule has 0 aliphatic heterocycles. The largest absolute Gasteiger partial charge is 0.507 e. The summed E-state index contributed by atoms with van der Waals surface area (Å²) in [6.45, 7) is 4.74. The van der Waals surface area contributed by atoms with Crippen LogP contribution in [0.25, 0.3) is 0 Å². The zero-order valence-electron chi connectivity index (χ0n) is 10.1. The molecule has 0 saturated carbocycles. The Kier molecular flexibility index (Phi) is 3.82. The van der Waals surface area contributed by atoms with Gasteiger partial charge >= 0.3 is 0 Å². The molecule has 0 fully saturated rings. The van der Waals surface area contributed by atoms with Crippen molar-refractivity contribution in [3.8, 4) is 5.75 Å². The molecule has 0 amide bonds. The van der Waals surface area contributed by atoms with E-state index in [4.69, 9.17) is 0 Å². The van der Waals surface area contributed by atoms with Crippen LogP contribution in [-0.2, 0) is 6.54 Å². The van der Waals surface area contributed by atoms with Gasteiger partial charge < -0.3 is 10.4 Å². The normalized spacial score (nSPS) is 12.6. The van der Waals surface area contributed by atoms with Crippen molar-refractivity contribution in [1.29, 1.82) is 0 Å². The van der Waals surface area contributed by atoms with Crippen molar-refractivity contribution in [2.75, 3.05) is 0 Å². The van der Waals surface area contributed by atoms with Crippen LogP contribution >= 0.6 is 11.3 Å². The Hall–Kier alpha value is -1.32. The molecule has 2 N–H and O–H groups in total. The monoisotopic (exact) mass is 247 g/mol. The Morgan fingerprint density at radius 1 is 1.35 bits per heavy atom. The van der Waals surface area contributed by atoms with Crippen LogP contribution in [0.2, 0.25) is 0 Å². The van der Waals surface area contributed by atoms with E-state index in [9.17, 15) is 5.11 Å². The summed E-state index contributed by atoms with van der Waals surface area (Å²) < 4.78 is 0. The molecule has 2 rings (SSSR count). The predicted molar refractivity (Wildman–Crippen MR) is 72.4 cm³/mol. The van der Waals surface area contributed by atoms with Crippen LogP contribution in [0.4, 0.5) is 0 Å². The topological polar surface area (TPSA) is 32.3 Å². The molecule has 1 atom stereocenters.